The van der Waals surface area contributed by atoms with Crippen LogP contribution in [0.15, 0.2) is 24.3 Å². The van der Waals surface area contributed by atoms with Gasteiger partial charge in [0.2, 0.25) is 11.8 Å². The van der Waals surface area contributed by atoms with Crippen LogP contribution in [0.1, 0.15) is 37.2 Å². The van der Waals surface area contributed by atoms with Crippen LogP contribution < -0.4 is 10.2 Å². The first kappa shape index (κ1) is 15.6. The summed E-state index contributed by atoms with van der Waals surface area (Å²) in [6, 6.07) is 7.58. The van der Waals surface area contributed by atoms with Crippen molar-refractivity contribution in [3.05, 3.63) is 29.8 Å². The number of anilines is 1. The normalized spacial score (nSPS) is 24.2. The molecule has 2 aliphatic heterocycles. The molecule has 0 radical (unpaired) electrons. The number of imide groups is 1. The van der Waals surface area contributed by atoms with Crippen LogP contribution >= 0.6 is 0 Å². The summed E-state index contributed by atoms with van der Waals surface area (Å²) in [6.07, 6.45) is 1.69. The lowest BCUT2D eigenvalue weighted by Gasteiger charge is -2.35. The Morgan fingerprint density at radius 1 is 1.17 bits per heavy atom. The van der Waals surface area contributed by atoms with E-state index in [9.17, 15) is 18.8 Å². The number of rotatable bonds is 3. The molecule has 0 saturated carbocycles. The number of halogens is 1. The molecule has 2 saturated heterocycles. The average molecular weight is 318 g/mol. The van der Waals surface area contributed by atoms with Crippen LogP contribution in [0.4, 0.5) is 10.1 Å². The Labute approximate surface area is 133 Å². The van der Waals surface area contributed by atoms with E-state index in [1.54, 1.807) is 0 Å². The van der Waals surface area contributed by atoms with Gasteiger partial charge < -0.3 is 4.90 Å². The quantitative estimate of drug-likeness (QED) is 0.681. The predicted molar refractivity (Wildman–Crippen MR) is 82.9 cm³/mol. The van der Waals surface area contributed by atoms with Crippen molar-refractivity contribution in [2.75, 3.05) is 18.0 Å². The molecule has 0 aromatic heterocycles. The second kappa shape index (κ2) is 6.10. The maximum absolute atomic E-state index is 13.9. The molecule has 122 valence electrons. The van der Waals surface area contributed by atoms with Gasteiger partial charge in [-0.1, -0.05) is 12.1 Å². The molecule has 0 bridgehead atoms. The predicted octanol–water partition coefficient (Wildman–Crippen LogP) is 1.71. The summed E-state index contributed by atoms with van der Waals surface area (Å²) in [5, 5.41) is 2.36. The zero-order valence-corrected chi connectivity index (χ0v) is 12.8. The van der Waals surface area contributed by atoms with Gasteiger partial charge in [-0.05, 0) is 24.1 Å². The van der Waals surface area contributed by atoms with Crippen LogP contribution in [0.25, 0.3) is 0 Å². The highest BCUT2D eigenvalue weighted by Gasteiger charge is 2.34. The molecule has 1 N–H and O–H groups in total. The van der Waals surface area contributed by atoms with Gasteiger partial charge in [0.15, 0.2) is 12.0 Å². The summed E-state index contributed by atoms with van der Waals surface area (Å²) in [5.74, 6) is -0.766. The zero-order valence-electron chi connectivity index (χ0n) is 12.8. The van der Waals surface area contributed by atoms with Crippen molar-refractivity contribution >= 4 is 23.8 Å². The van der Waals surface area contributed by atoms with Gasteiger partial charge in [0, 0.05) is 38.0 Å². The number of piperidine rings is 2. The van der Waals surface area contributed by atoms with Crippen molar-refractivity contribution in [2.45, 2.75) is 37.3 Å². The van der Waals surface area contributed by atoms with Gasteiger partial charge in [0.05, 0.1) is 5.92 Å². The van der Waals surface area contributed by atoms with Crippen molar-refractivity contribution < 1.29 is 18.8 Å². The number of nitrogens with one attached hydrogen (secondary N) is 1. The minimum atomic E-state index is -1.69. The van der Waals surface area contributed by atoms with Crippen LogP contribution in [-0.4, -0.2) is 36.9 Å². The van der Waals surface area contributed by atoms with Crippen molar-refractivity contribution in [2.24, 2.45) is 0 Å². The first-order valence-electron chi connectivity index (χ1n) is 7.85. The molecule has 1 aromatic carbocycles. The molecule has 0 spiro atoms. The molecule has 5 nitrogen and oxygen atoms in total. The smallest absolute Gasteiger partial charge is 0.234 e. The third kappa shape index (κ3) is 3.25. The SMILES string of the molecule is O=CC1(F)CCN(c2ccc(C3CCC(=O)NC3=O)cc2)CC1. The second-order valence-electron chi connectivity index (χ2n) is 6.23. The second-order valence-corrected chi connectivity index (χ2v) is 6.23. The molecular weight excluding hydrogens is 299 g/mol. The lowest BCUT2D eigenvalue weighted by atomic mass is 9.90. The minimum absolute atomic E-state index is 0.200. The number of aldehydes is 1. The molecule has 23 heavy (non-hydrogen) atoms. The topological polar surface area (TPSA) is 66.5 Å². The van der Waals surface area contributed by atoms with Crippen LogP contribution in [-0.2, 0) is 14.4 Å². The number of benzene rings is 1. The maximum atomic E-state index is 13.9. The molecule has 2 heterocycles. The van der Waals surface area contributed by atoms with Crippen molar-refractivity contribution in [1.29, 1.82) is 0 Å². The maximum Gasteiger partial charge on any atom is 0.234 e. The van der Waals surface area contributed by atoms with Gasteiger partial charge in [0.1, 0.15) is 0 Å². The van der Waals surface area contributed by atoms with Crippen LogP contribution in [0.2, 0.25) is 0 Å². The van der Waals surface area contributed by atoms with Gasteiger partial charge in [-0.25, -0.2) is 4.39 Å². The van der Waals surface area contributed by atoms with Crippen molar-refractivity contribution in [3.8, 4) is 0 Å². The number of hydrogen-bond acceptors (Lipinski definition) is 4. The third-order valence-corrected chi connectivity index (χ3v) is 4.71. The van der Waals surface area contributed by atoms with E-state index in [0.29, 0.717) is 32.2 Å². The molecule has 2 amide bonds. The van der Waals surface area contributed by atoms with E-state index in [-0.39, 0.29) is 30.6 Å². The largest absolute Gasteiger partial charge is 0.371 e. The van der Waals surface area contributed by atoms with E-state index >= 15 is 0 Å². The average Bonchev–Trinajstić information content (AvgIpc) is 2.56. The Morgan fingerprint density at radius 3 is 2.39 bits per heavy atom. The first-order chi connectivity index (χ1) is 11.0. The molecule has 2 aliphatic rings. The van der Waals surface area contributed by atoms with E-state index in [2.05, 4.69) is 5.32 Å². The minimum Gasteiger partial charge on any atom is -0.371 e. The zero-order chi connectivity index (χ0) is 16.4. The van der Waals surface area contributed by atoms with E-state index in [1.807, 2.05) is 29.2 Å². The fourth-order valence-corrected chi connectivity index (χ4v) is 3.18. The highest BCUT2D eigenvalue weighted by atomic mass is 19.1. The van der Waals surface area contributed by atoms with Crippen LogP contribution in [0.3, 0.4) is 0 Å². The van der Waals surface area contributed by atoms with Gasteiger partial charge in [-0.15, -0.1) is 0 Å². The molecule has 1 atom stereocenters. The molecule has 6 heteroatoms. The Bertz CT molecular complexity index is 621. The highest BCUT2D eigenvalue weighted by molar-refractivity contribution is 6.00. The number of nitrogens with zero attached hydrogens (tertiary/aromatic N) is 1. The number of carbonyl (C=O) groups is 3. The number of hydrogen-bond donors (Lipinski definition) is 1. The Morgan fingerprint density at radius 2 is 1.83 bits per heavy atom. The van der Waals surface area contributed by atoms with E-state index in [0.717, 1.165) is 11.3 Å². The van der Waals surface area contributed by atoms with E-state index in [1.165, 1.54) is 0 Å². The van der Waals surface area contributed by atoms with Crippen molar-refractivity contribution in [1.82, 2.24) is 5.32 Å². The molecule has 1 unspecified atom stereocenters. The molecule has 1 aromatic rings. The van der Waals surface area contributed by atoms with Crippen molar-refractivity contribution in [3.63, 3.8) is 0 Å². The summed E-state index contributed by atoms with van der Waals surface area (Å²) < 4.78 is 13.9. The van der Waals surface area contributed by atoms with E-state index in [4.69, 9.17) is 0 Å². The van der Waals surface area contributed by atoms with Crippen LogP contribution in [0, 0.1) is 0 Å². The van der Waals surface area contributed by atoms with Gasteiger partial charge >= 0.3 is 0 Å². The number of carbonyl (C=O) groups excluding carboxylic acids is 3. The van der Waals surface area contributed by atoms with E-state index < -0.39 is 5.67 Å². The molecule has 0 aliphatic carbocycles. The summed E-state index contributed by atoms with van der Waals surface area (Å²) in [5.41, 5.74) is 0.140. The summed E-state index contributed by atoms with van der Waals surface area (Å²) in [7, 11) is 0. The summed E-state index contributed by atoms with van der Waals surface area (Å²) in [6.45, 7) is 0.986. The van der Waals surface area contributed by atoms with Gasteiger partial charge in [-0.3, -0.25) is 19.7 Å². The Hall–Kier alpha value is -2.24. The lowest BCUT2D eigenvalue weighted by Crippen LogP contribution is -2.42. The number of amides is 2. The fraction of sp³-hybridized carbons (Fsp3) is 0.471. The Balaban J connectivity index is 1.67. The fourth-order valence-electron chi connectivity index (χ4n) is 3.18. The Kier molecular flexibility index (Phi) is 4.15. The number of alkyl halides is 1. The first-order valence-corrected chi connectivity index (χ1v) is 7.85. The van der Waals surface area contributed by atoms with Crippen LogP contribution in [0.5, 0.6) is 0 Å². The molecule has 2 fully saturated rings. The highest BCUT2D eigenvalue weighted by Crippen LogP contribution is 2.30. The van der Waals surface area contributed by atoms with Gasteiger partial charge in [0.25, 0.3) is 0 Å². The molecular formula is C17H19FN2O3. The standard InChI is InChI=1S/C17H19FN2O3/c18-17(11-21)7-9-20(10-8-17)13-3-1-12(2-4-13)14-5-6-15(22)19-16(14)23/h1-4,11,14H,5-10H2,(H,19,22,23). The monoisotopic (exact) mass is 318 g/mol. The summed E-state index contributed by atoms with van der Waals surface area (Å²) >= 11 is 0. The third-order valence-electron chi connectivity index (χ3n) is 4.71. The lowest BCUT2D eigenvalue weighted by molar-refractivity contribution is -0.134. The van der Waals surface area contributed by atoms with Gasteiger partial charge in [-0.2, -0.15) is 0 Å². The summed E-state index contributed by atoms with van der Waals surface area (Å²) in [4.78, 5) is 35.9. The molecule has 3 rings (SSSR count).